The maximum absolute atomic E-state index is 12.4. The zero-order chi connectivity index (χ0) is 17.0. The highest BCUT2D eigenvalue weighted by Gasteiger charge is 2.19. The van der Waals surface area contributed by atoms with Gasteiger partial charge in [0.1, 0.15) is 6.26 Å². The Hall–Kier alpha value is -2.35. The van der Waals surface area contributed by atoms with E-state index in [2.05, 4.69) is 9.71 Å². The highest BCUT2D eigenvalue weighted by atomic mass is 32.2. The number of anilines is 1. The molecular weight excluding hydrogens is 320 g/mol. The van der Waals surface area contributed by atoms with Crippen LogP contribution < -0.4 is 4.72 Å². The lowest BCUT2D eigenvalue weighted by molar-refractivity contribution is 0.0526. The van der Waals surface area contributed by atoms with E-state index in [1.54, 1.807) is 6.92 Å². The quantitative estimate of drug-likeness (QED) is 0.813. The number of nitrogens with zero attached hydrogens (tertiary/aromatic N) is 1. The fourth-order valence-corrected chi connectivity index (χ4v) is 2.76. The average molecular weight is 338 g/mol. The van der Waals surface area contributed by atoms with Crippen molar-refractivity contribution in [2.24, 2.45) is 0 Å². The fourth-order valence-electron chi connectivity index (χ4n) is 1.78. The molecule has 0 saturated carbocycles. The van der Waals surface area contributed by atoms with Crippen LogP contribution in [0.2, 0.25) is 0 Å². The first-order chi connectivity index (χ1) is 10.8. The lowest BCUT2D eigenvalue weighted by atomic mass is 10.2. The molecule has 0 radical (unpaired) electrons. The van der Waals surface area contributed by atoms with Gasteiger partial charge in [-0.05, 0) is 31.0 Å². The first-order valence-corrected chi connectivity index (χ1v) is 8.57. The summed E-state index contributed by atoms with van der Waals surface area (Å²) in [5, 5.41) is 0. The number of benzene rings is 1. The van der Waals surface area contributed by atoms with E-state index in [1.807, 2.05) is 13.8 Å². The smallest absolute Gasteiger partial charge is 0.338 e. The summed E-state index contributed by atoms with van der Waals surface area (Å²) in [4.78, 5) is 15.7. The number of nitrogens with one attached hydrogen (secondary N) is 1. The van der Waals surface area contributed by atoms with Crippen LogP contribution in [0.1, 0.15) is 42.7 Å². The van der Waals surface area contributed by atoms with Gasteiger partial charge >= 0.3 is 12.0 Å². The van der Waals surface area contributed by atoms with Gasteiger partial charge in [0.2, 0.25) is 0 Å². The van der Waals surface area contributed by atoms with Crippen molar-refractivity contribution in [3.63, 3.8) is 0 Å². The van der Waals surface area contributed by atoms with E-state index in [1.165, 1.54) is 30.5 Å². The molecule has 2 aromatic rings. The third-order valence-electron chi connectivity index (χ3n) is 2.99. The number of hydrogen-bond donors (Lipinski definition) is 1. The minimum absolute atomic E-state index is 0.0765. The molecule has 1 aromatic carbocycles. The van der Waals surface area contributed by atoms with Crippen molar-refractivity contribution in [1.82, 2.24) is 4.98 Å². The van der Waals surface area contributed by atoms with E-state index in [0.29, 0.717) is 5.69 Å². The number of oxazole rings is 1. The molecule has 7 nitrogen and oxygen atoms in total. The van der Waals surface area contributed by atoms with Gasteiger partial charge in [-0.25, -0.2) is 17.9 Å². The zero-order valence-corrected chi connectivity index (χ0v) is 13.9. The molecule has 0 spiro atoms. The summed E-state index contributed by atoms with van der Waals surface area (Å²) in [6, 6.07) is 5.45. The molecular formula is C15H18N2O5S. The summed E-state index contributed by atoms with van der Waals surface area (Å²) in [5.41, 5.74) is 0.799. The molecule has 23 heavy (non-hydrogen) atoms. The lowest BCUT2D eigenvalue weighted by Crippen LogP contribution is -2.14. The van der Waals surface area contributed by atoms with Crippen LogP contribution >= 0.6 is 0 Å². The predicted molar refractivity (Wildman–Crippen MR) is 83.8 cm³/mol. The zero-order valence-electron chi connectivity index (χ0n) is 13.1. The molecule has 1 N–H and O–H groups in total. The summed E-state index contributed by atoms with van der Waals surface area (Å²) in [5.74, 6) is -0.466. The highest BCUT2D eigenvalue weighted by molar-refractivity contribution is 7.92. The molecule has 1 heterocycles. The second-order valence-corrected chi connectivity index (χ2v) is 6.77. The Balaban J connectivity index is 2.25. The molecule has 8 heteroatoms. The van der Waals surface area contributed by atoms with Gasteiger partial charge in [-0.3, -0.25) is 0 Å². The SMILES string of the molecule is CCOC(=O)c1cccc(S(=O)(=O)Nc2nc(C(C)C)co2)c1. The van der Waals surface area contributed by atoms with Crippen LogP contribution in [-0.4, -0.2) is 26.0 Å². The predicted octanol–water partition coefficient (Wildman–Crippen LogP) is 2.78. The molecule has 0 aliphatic carbocycles. The lowest BCUT2D eigenvalue weighted by Gasteiger charge is -2.06. The van der Waals surface area contributed by atoms with E-state index in [9.17, 15) is 13.2 Å². The number of carbonyl (C=O) groups excluding carboxylic acids is 1. The van der Waals surface area contributed by atoms with Gasteiger partial charge in [-0.2, -0.15) is 4.98 Å². The van der Waals surface area contributed by atoms with Gasteiger partial charge in [-0.1, -0.05) is 19.9 Å². The maximum atomic E-state index is 12.4. The van der Waals surface area contributed by atoms with Gasteiger partial charge in [0.15, 0.2) is 0 Å². The van der Waals surface area contributed by atoms with E-state index < -0.39 is 16.0 Å². The largest absolute Gasteiger partial charge is 0.462 e. The van der Waals surface area contributed by atoms with Gasteiger partial charge in [0.05, 0.1) is 22.8 Å². The molecule has 0 bridgehead atoms. The summed E-state index contributed by atoms with van der Waals surface area (Å²) in [6.45, 7) is 5.72. The molecule has 2 rings (SSSR count). The molecule has 0 aliphatic heterocycles. The van der Waals surface area contributed by atoms with Crippen molar-refractivity contribution in [3.8, 4) is 0 Å². The van der Waals surface area contributed by atoms with E-state index in [-0.39, 0.29) is 29.0 Å². The first kappa shape index (κ1) is 17.0. The summed E-state index contributed by atoms with van der Waals surface area (Å²) in [7, 11) is -3.91. The Morgan fingerprint density at radius 3 is 2.74 bits per heavy atom. The Kier molecular flexibility index (Phi) is 5.05. The second-order valence-electron chi connectivity index (χ2n) is 5.09. The number of sulfonamides is 1. The van der Waals surface area contributed by atoms with Crippen LogP contribution in [0.4, 0.5) is 6.01 Å². The van der Waals surface area contributed by atoms with E-state index >= 15 is 0 Å². The Morgan fingerprint density at radius 1 is 1.39 bits per heavy atom. The Labute approximate surface area is 134 Å². The molecule has 0 unspecified atom stereocenters. The Bertz CT molecular complexity index is 796. The number of esters is 1. The van der Waals surface area contributed by atoms with Crippen molar-refractivity contribution in [2.45, 2.75) is 31.6 Å². The number of hydrogen-bond acceptors (Lipinski definition) is 6. The monoisotopic (exact) mass is 338 g/mol. The van der Waals surface area contributed by atoms with Crippen molar-refractivity contribution >= 4 is 22.0 Å². The number of ether oxygens (including phenoxy) is 1. The third kappa shape index (κ3) is 4.10. The molecule has 0 aliphatic rings. The van der Waals surface area contributed by atoms with E-state index in [4.69, 9.17) is 9.15 Å². The van der Waals surface area contributed by atoms with Crippen LogP contribution in [0, 0.1) is 0 Å². The van der Waals surface area contributed by atoms with Crippen LogP contribution in [0.15, 0.2) is 39.8 Å². The van der Waals surface area contributed by atoms with Gasteiger partial charge in [0.25, 0.3) is 10.0 Å². The maximum Gasteiger partial charge on any atom is 0.338 e. The average Bonchev–Trinajstić information content (AvgIpc) is 2.96. The highest BCUT2D eigenvalue weighted by Crippen LogP contribution is 2.20. The van der Waals surface area contributed by atoms with Crippen LogP contribution in [0.25, 0.3) is 0 Å². The topological polar surface area (TPSA) is 98.5 Å². The third-order valence-corrected chi connectivity index (χ3v) is 4.31. The molecule has 1 aromatic heterocycles. The summed E-state index contributed by atoms with van der Waals surface area (Å²) in [6.07, 6.45) is 1.40. The van der Waals surface area contributed by atoms with Crippen LogP contribution in [-0.2, 0) is 14.8 Å². The van der Waals surface area contributed by atoms with Crippen molar-refractivity contribution in [2.75, 3.05) is 11.3 Å². The molecule has 0 amide bonds. The summed E-state index contributed by atoms with van der Waals surface area (Å²) < 4.78 is 36.9. The van der Waals surface area contributed by atoms with Gasteiger partial charge in [-0.15, -0.1) is 0 Å². The van der Waals surface area contributed by atoms with Crippen LogP contribution in [0.3, 0.4) is 0 Å². The van der Waals surface area contributed by atoms with Crippen molar-refractivity contribution in [1.29, 1.82) is 0 Å². The minimum Gasteiger partial charge on any atom is -0.462 e. The molecule has 124 valence electrons. The minimum atomic E-state index is -3.91. The molecule has 0 fully saturated rings. The number of aromatic nitrogens is 1. The van der Waals surface area contributed by atoms with Gasteiger partial charge in [0, 0.05) is 0 Å². The standard InChI is InChI=1S/C15H18N2O5S/c1-4-21-14(18)11-6-5-7-12(8-11)23(19,20)17-15-16-13(9-22-15)10(2)3/h5-10H,4H2,1-3H3,(H,16,17). The normalized spacial score (nSPS) is 11.5. The number of carbonyl (C=O) groups is 1. The Morgan fingerprint density at radius 2 is 2.13 bits per heavy atom. The second kappa shape index (κ2) is 6.82. The summed E-state index contributed by atoms with van der Waals surface area (Å²) >= 11 is 0. The molecule has 0 saturated heterocycles. The van der Waals surface area contributed by atoms with Crippen LogP contribution in [0.5, 0.6) is 0 Å². The molecule has 0 atom stereocenters. The van der Waals surface area contributed by atoms with Gasteiger partial charge < -0.3 is 9.15 Å². The van der Waals surface area contributed by atoms with Crippen molar-refractivity contribution in [3.05, 3.63) is 41.8 Å². The van der Waals surface area contributed by atoms with Crippen molar-refractivity contribution < 1.29 is 22.4 Å². The fraction of sp³-hybridized carbons (Fsp3) is 0.333. The van der Waals surface area contributed by atoms with E-state index in [0.717, 1.165) is 0 Å². The number of rotatable bonds is 6. The first-order valence-electron chi connectivity index (χ1n) is 7.09.